The van der Waals surface area contributed by atoms with Gasteiger partial charge in [-0.25, -0.2) is 0 Å². The molecule has 0 amide bonds. The monoisotopic (exact) mass is 234 g/mol. The first kappa shape index (κ1) is 12.1. The van der Waals surface area contributed by atoms with Crippen molar-refractivity contribution in [3.63, 3.8) is 0 Å². The molecule has 1 saturated heterocycles. The highest BCUT2D eigenvalue weighted by Gasteiger charge is 2.18. The molecule has 0 spiro atoms. The van der Waals surface area contributed by atoms with E-state index >= 15 is 0 Å². The van der Waals surface area contributed by atoms with Gasteiger partial charge < -0.3 is 16.2 Å². The molecular formula is C13H18N2O2. The zero-order valence-corrected chi connectivity index (χ0v) is 9.73. The molecule has 0 saturated carbocycles. The third-order valence-corrected chi connectivity index (χ3v) is 3.27. The molecule has 1 fully saturated rings. The second kappa shape index (κ2) is 5.29. The van der Waals surface area contributed by atoms with Crippen LogP contribution in [0.1, 0.15) is 35.9 Å². The number of carboxylic acid groups (broad SMARTS) is 1. The molecule has 0 aromatic heterocycles. The first-order valence-electron chi connectivity index (χ1n) is 5.95. The Morgan fingerprint density at radius 1 is 1.59 bits per heavy atom. The van der Waals surface area contributed by atoms with Gasteiger partial charge in [0.2, 0.25) is 0 Å². The van der Waals surface area contributed by atoms with E-state index in [0.29, 0.717) is 5.92 Å². The van der Waals surface area contributed by atoms with E-state index in [-0.39, 0.29) is 6.42 Å². The summed E-state index contributed by atoms with van der Waals surface area (Å²) in [6.45, 7) is 2.05. The lowest BCUT2D eigenvalue weighted by molar-refractivity contribution is -0.137. The summed E-state index contributed by atoms with van der Waals surface area (Å²) in [6, 6.07) is 7.59. The Bertz CT molecular complexity index is 400. The fourth-order valence-electron chi connectivity index (χ4n) is 2.29. The molecule has 92 valence electrons. The summed E-state index contributed by atoms with van der Waals surface area (Å²) < 4.78 is 0. The second-order valence-electron chi connectivity index (χ2n) is 4.56. The molecular weight excluding hydrogens is 216 g/mol. The fraction of sp³-hybridized carbons (Fsp3) is 0.462. The standard InChI is InChI=1S/C13H18N2O2/c14-12(7-13(16)17)10-3-1-2-9(6-10)11-4-5-15-8-11/h1-3,6,11-12,15H,4-5,7-8,14H2,(H,16,17). The lowest BCUT2D eigenvalue weighted by Crippen LogP contribution is -2.15. The van der Waals surface area contributed by atoms with Crippen LogP contribution in [0.5, 0.6) is 0 Å². The first-order valence-corrected chi connectivity index (χ1v) is 5.95. The predicted molar refractivity (Wildman–Crippen MR) is 65.9 cm³/mol. The maximum atomic E-state index is 10.6. The van der Waals surface area contributed by atoms with Crippen molar-refractivity contribution in [2.75, 3.05) is 13.1 Å². The zero-order chi connectivity index (χ0) is 12.3. The molecule has 1 aromatic rings. The van der Waals surface area contributed by atoms with E-state index in [4.69, 9.17) is 10.8 Å². The van der Waals surface area contributed by atoms with Crippen LogP contribution in [0.2, 0.25) is 0 Å². The predicted octanol–water partition coefficient (Wildman–Crippen LogP) is 1.24. The molecule has 2 rings (SSSR count). The number of hydrogen-bond donors (Lipinski definition) is 3. The van der Waals surface area contributed by atoms with Crippen LogP contribution in [0.15, 0.2) is 24.3 Å². The number of carbonyl (C=O) groups is 1. The summed E-state index contributed by atoms with van der Waals surface area (Å²) in [5, 5.41) is 12.1. The highest BCUT2D eigenvalue weighted by Crippen LogP contribution is 2.25. The average Bonchev–Trinajstić information content (AvgIpc) is 2.82. The van der Waals surface area contributed by atoms with Crippen LogP contribution in [0.25, 0.3) is 0 Å². The molecule has 1 heterocycles. The van der Waals surface area contributed by atoms with Gasteiger partial charge in [0.15, 0.2) is 0 Å². The summed E-state index contributed by atoms with van der Waals surface area (Å²) in [5.74, 6) is -0.322. The molecule has 2 atom stereocenters. The van der Waals surface area contributed by atoms with Gasteiger partial charge in [-0.2, -0.15) is 0 Å². The molecule has 4 N–H and O–H groups in total. The fourth-order valence-corrected chi connectivity index (χ4v) is 2.29. The van der Waals surface area contributed by atoms with Gasteiger partial charge in [-0.15, -0.1) is 0 Å². The van der Waals surface area contributed by atoms with Crippen molar-refractivity contribution in [1.82, 2.24) is 5.32 Å². The number of aliphatic carboxylic acids is 1. The zero-order valence-electron chi connectivity index (χ0n) is 9.73. The van der Waals surface area contributed by atoms with Gasteiger partial charge in [-0.1, -0.05) is 24.3 Å². The minimum atomic E-state index is -0.856. The van der Waals surface area contributed by atoms with Gasteiger partial charge in [0.05, 0.1) is 6.42 Å². The highest BCUT2D eigenvalue weighted by molar-refractivity contribution is 5.67. The Morgan fingerprint density at radius 2 is 2.41 bits per heavy atom. The van der Waals surface area contributed by atoms with Crippen molar-refractivity contribution in [2.45, 2.75) is 24.8 Å². The molecule has 1 aromatic carbocycles. The summed E-state index contributed by atoms with van der Waals surface area (Å²) in [7, 11) is 0. The maximum Gasteiger partial charge on any atom is 0.305 e. The van der Waals surface area contributed by atoms with Crippen molar-refractivity contribution >= 4 is 5.97 Å². The van der Waals surface area contributed by atoms with E-state index in [0.717, 1.165) is 25.1 Å². The number of nitrogens with one attached hydrogen (secondary N) is 1. The van der Waals surface area contributed by atoms with Crippen molar-refractivity contribution in [3.8, 4) is 0 Å². The molecule has 17 heavy (non-hydrogen) atoms. The van der Waals surface area contributed by atoms with E-state index in [1.165, 1.54) is 5.56 Å². The Labute approximate surface area is 101 Å². The lowest BCUT2D eigenvalue weighted by Gasteiger charge is -2.14. The second-order valence-corrected chi connectivity index (χ2v) is 4.56. The summed E-state index contributed by atoms with van der Waals surface area (Å²) in [4.78, 5) is 10.6. The van der Waals surface area contributed by atoms with E-state index in [2.05, 4.69) is 11.4 Å². The topological polar surface area (TPSA) is 75.4 Å². The van der Waals surface area contributed by atoms with Gasteiger partial charge in [-0.05, 0) is 30.0 Å². The van der Waals surface area contributed by atoms with Gasteiger partial charge in [-0.3, -0.25) is 4.79 Å². The van der Waals surface area contributed by atoms with Crippen LogP contribution >= 0.6 is 0 Å². The molecule has 0 radical (unpaired) electrons. The van der Waals surface area contributed by atoms with Crippen molar-refractivity contribution < 1.29 is 9.90 Å². The Hall–Kier alpha value is -1.39. The molecule has 0 aliphatic carbocycles. The van der Waals surface area contributed by atoms with Gasteiger partial charge in [0, 0.05) is 12.6 Å². The number of rotatable bonds is 4. The van der Waals surface area contributed by atoms with Crippen LogP contribution in [0, 0.1) is 0 Å². The van der Waals surface area contributed by atoms with Gasteiger partial charge in [0.25, 0.3) is 0 Å². The number of nitrogens with two attached hydrogens (primary N) is 1. The van der Waals surface area contributed by atoms with Crippen LogP contribution in [0.4, 0.5) is 0 Å². The average molecular weight is 234 g/mol. The van der Waals surface area contributed by atoms with E-state index in [1.54, 1.807) is 0 Å². The highest BCUT2D eigenvalue weighted by atomic mass is 16.4. The van der Waals surface area contributed by atoms with Gasteiger partial charge >= 0.3 is 5.97 Å². The quantitative estimate of drug-likeness (QED) is 0.732. The van der Waals surface area contributed by atoms with Crippen LogP contribution in [-0.2, 0) is 4.79 Å². The summed E-state index contributed by atoms with van der Waals surface area (Å²) in [6.07, 6.45) is 1.12. The largest absolute Gasteiger partial charge is 0.481 e. The Kier molecular flexibility index (Phi) is 3.76. The first-order chi connectivity index (χ1) is 8.16. The molecule has 4 heteroatoms. The minimum absolute atomic E-state index is 0.0215. The van der Waals surface area contributed by atoms with E-state index < -0.39 is 12.0 Å². The van der Waals surface area contributed by atoms with Crippen molar-refractivity contribution in [3.05, 3.63) is 35.4 Å². The lowest BCUT2D eigenvalue weighted by atomic mass is 9.94. The minimum Gasteiger partial charge on any atom is -0.481 e. The van der Waals surface area contributed by atoms with Crippen molar-refractivity contribution in [1.29, 1.82) is 0 Å². The summed E-state index contributed by atoms with van der Waals surface area (Å²) in [5.41, 5.74) is 8.04. The van der Waals surface area contributed by atoms with Gasteiger partial charge in [0.1, 0.15) is 0 Å². The SMILES string of the molecule is NC(CC(=O)O)c1cccc(C2CCNC2)c1. The Morgan fingerprint density at radius 3 is 3.06 bits per heavy atom. The van der Waals surface area contributed by atoms with Crippen LogP contribution in [0.3, 0.4) is 0 Å². The molecule has 1 aliphatic heterocycles. The number of hydrogen-bond acceptors (Lipinski definition) is 3. The normalized spacial score (nSPS) is 21.4. The maximum absolute atomic E-state index is 10.6. The van der Waals surface area contributed by atoms with E-state index in [9.17, 15) is 4.79 Å². The molecule has 4 nitrogen and oxygen atoms in total. The van der Waals surface area contributed by atoms with E-state index in [1.807, 2.05) is 18.2 Å². The summed E-state index contributed by atoms with van der Waals surface area (Å²) >= 11 is 0. The number of carboxylic acids is 1. The molecule has 2 unspecified atom stereocenters. The molecule has 0 bridgehead atoms. The Balaban J connectivity index is 2.12. The third-order valence-electron chi connectivity index (χ3n) is 3.27. The smallest absolute Gasteiger partial charge is 0.305 e. The third kappa shape index (κ3) is 3.05. The van der Waals surface area contributed by atoms with Crippen molar-refractivity contribution in [2.24, 2.45) is 5.73 Å². The molecule has 1 aliphatic rings. The van der Waals surface area contributed by atoms with Crippen LogP contribution in [-0.4, -0.2) is 24.2 Å². The number of benzene rings is 1. The van der Waals surface area contributed by atoms with Crippen LogP contribution < -0.4 is 11.1 Å².